The molecule has 0 saturated carbocycles. The van der Waals surface area contributed by atoms with Gasteiger partial charge in [0.1, 0.15) is 5.82 Å². The number of para-hydroxylation sites is 3. The monoisotopic (exact) mass is 944 g/mol. The Morgan fingerprint density at radius 3 is 2.00 bits per heavy atom. The van der Waals surface area contributed by atoms with Gasteiger partial charge in [-0.15, -0.1) is 29.7 Å². The van der Waals surface area contributed by atoms with E-state index in [9.17, 15) is 0 Å². The molecule has 0 amide bonds. The van der Waals surface area contributed by atoms with E-state index in [2.05, 4.69) is 170 Å². The Kier molecular flexibility index (Phi) is 10.7. The molecule has 0 N–H and O–H groups in total. The fraction of sp³-hybridized carbons (Fsp3) is 0.0755. The Morgan fingerprint density at radius 1 is 0.627 bits per heavy atom. The third kappa shape index (κ3) is 7.17. The van der Waals surface area contributed by atoms with Crippen LogP contribution in [-0.2, 0) is 26.5 Å². The molecular weight excluding hydrogens is 904 g/mol. The topological polar surface area (TPSA) is 35.9 Å². The van der Waals surface area contributed by atoms with Crippen LogP contribution in [0.15, 0.2) is 176 Å². The van der Waals surface area contributed by atoms with Gasteiger partial charge in [-0.25, -0.2) is 4.98 Å². The van der Waals surface area contributed by atoms with Crippen LogP contribution < -0.4 is 9.30 Å². The molecule has 0 fully saturated rings. The van der Waals surface area contributed by atoms with Gasteiger partial charge in [0.15, 0.2) is 0 Å². The Morgan fingerprint density at radius 2 is 1.27 bits per heavy atom. The molecule has 10 aromatic rings. The Balaban J connectivity index is 0.00000242. The number of hydrogen-bond acceptors (Lipinski definition) is 2. The Bertz CT molecular complexity index is 3070. The number of imidazole rings is 1. The van der Waals surface area contributed by atoms with Crippen molar-refractivity contribution in [2.24, 2.45) is 0 Å². The molecule has 0 saturated heterocycles. The van der Waals surface area contributed by atoms with Gasteiger partial charge < -0.3 is 21.3 Å². The summed E-state index contributed by atoms with van der Waals surface area (Å²) in [6.45, 7) is 6.71. The fourth-order valence-electron chi connectivity index (χ4n) is 7.81. The normalized spacial score (nSPS) is 11.4. The molecule has 59 heavy (non-hydrogen) atoms. The number of pyridine rings is 1. The summed E-state index contributed by atoms with van der Waals surface area (Å²) in [4.78, 5) is 5.03. The fourth-order valence-corrected chi connectivity index (χ4v) is 7.81. The zero-order chi connectivity index (χ0) is 38.5. The van der Waals surface area contributed by atoms with Crippen LogP contribution in [0.3, 0.4) is 0 Å². The Hall–Kier alpha value is -6.55. The number of rotatable bonds is 7. The van der Waals surface area contributed by atoms with Crippen molar-refractivity contribution in [2.75, 3.05) is 0 Å². The van der Waals surface area contributed by atoms with Gasteiger partial charge in [-0.2, -0.15) is 18.2 Å². The predicted molar refractivity (Wildman–Crippen MR) is 236 cm³/mol. The first kappa shape index (κ1) is 39.3. The third-order valence-corrected chi connectivity index (χ3v) is 10.6. The van der Waals surface area contributed by atoms with Gasteiger partial charge in [0.25, 0.3) is 6.33 Å². The SMILES string of the molecule is CC(C)(C)c1ccnc(-n2c3[c-]c(Oc4[c-]c(-n5[c-][n+](-c6ccccc6)c6ccccc65)ccc4)ccc3c3c(-c4ccccc4)ccc(-c4ccccc4)c32)c1.[CH3-].[Pt+4]. The maximum Gasteiger partial charge on any atom is 4.00 e. The summed E-state index contributed by atoms with van der Waals surface area (Å²) in [5, 5.41) is 2.20. The quantitative estimate of drug-likeness (QED) is 0.118. The maximum absolute atomic E-state index is 6.67. The first-order chi connectivity index (χ1) is 27.9. The van der Waals surface area contributed by atoms with Crippen molar-refractivity contribution < 1.29 is 30.4 Å². The van der Waals surface area contributed by atoms with E-state index < -0.39 is 0 Å². The van der Waals surface area contributed by atoms with Crippen molar-refractivity contribution in [1.29, 1.82) is 0 Å². The van der Waals surface area contributed by atoms with Crippen LogP contribution in [0.25, 0.3) is 72.3 Å². The summed E-state index contributed by atoms with van der Waals surface area (Å²) in [5.41, 5.74) is 11.5. The van der Waals surface area contributed by atoms with E-state index in [-0.39, 0.29) is 33.9 Å². The molecule has 0 radical (unpaired) electrons. The molecule has 5 nitrogen and oxygen atoms in total. The van der Waals surface area contributed by atoms with Gasteiger partial charge in [-0.05, 0) is 63.0 Å². The molecule has 0 aliphatic rings. The van der Waals surface area contributed by atoms with E-state index >= 15 is 0 Å². The molecule has 6 heteroatoms. The van der Waals surface area contributed by atoms with Crippen molar-refractivity contribution in [2.45, 2.75) is 26.2 Å². The molecule has 288 valence electrons. The molecule has 0 unspecified atom stereocenters. The van der Waals surface area contributed by atoms with Crippen molar-refractivity contribution in [3.63, 3.8) is 0 Å². The number of benzene rings is 7. The van der Waals surface area contributed by atoms with E-state index in [1.54, 1.807) is 0 Å². The summed E-state index contributed by atoms with van der Waals surface area (Å²) in [5.74, 6) is 1.98. The van der Waals surface area contributed by atoms with E-state index in [1.807, 2.05) is 59.3 Å². The second kappa shape index (κ2) is 16.0. The molecule has 0 bridgehead atoms. The summed E-state index contributed by atoms with van der Waals surface area (Å²) in [6, 6.07) is 66.0. The van der Waals surface area contributed by atoms with Gasteiger partial charge in [0, 0.05) is 28.8 Å². The molecule has 0 spiro atoms. The molecule has 10 rings (SSSR count). The number of fused-ring (bicyclic) bond motifs is 4. The van der Waals surface area contributed by atoms with Gasteiger partial charge >= 0.3 is 21.1 Å². The van der Waals surface area contributed by atoms with Crippen molar-refractivity contribution >= 4 is 32.8 Å². The number of aromatic nitrogens is 4. The van der Waals surface area contributed by atoms with Crippen molar-refractivity contribution in [3.05, 3.63) is 208 Å². The smallest absolute Gasteiger partial charge is 0.510 e. The van der Waals surface area contributed by atoms with Crippen LogP contribution in [0.5, 0.6) is 11.5 Å². The van der Waals surface area contributed by atoms with Crippen LogP contribution in [0.2, 0.25) is 0 Å². The van der Waals surface area contributed by atoms with Gasteiger partial charge in [-0.3, -0.25) is 4.57 Å². The summed E-state index contributed by atoms with van der Waals surface area (Å²) < 4.78 is 13.0. The average Bonchev–Trinajstić information content (AvgIpc) is 3.81. The summed E-state index contributed by atoms with van der Waals surface area (Å²) in [6.07, 6.45) is 5.48. The van der Waals surface area contributed by atoms with Crippen LogP contribution in [0.1, 0.15) is 26.3 Å². The summed E-state index contributed by atoms with van der Waals surface area (Å²) >= 11 is 0. The average molecular weight is 945 g/mol. The van der Waals surface area contributed by atoms with E-state index in [0.29, 0.717) is 11.5 Å². The standard InChI is InChI=1S/C52H38N4O.CH3.Pt/c1-52(2,3)38-30-31-53-49(32-38)56-48-34-42(26-27-45(48)50-43(36-16-7-4-8-17-36)28-29-44(51(50)56)37-18-9-5-10-19-37)57-41-23-15-22-40(33-41)55-35-54(39-20-11-6-12-21-39)46-24-13-14-25-47(46)55;;/h4-32H,1-3H3;1H3;/q-2;-1;+4. The van der Waals surface area contributed by atoms with E-state index in [0.717, 1.165) is 72.3 Å². The minimum absolute atomic E-state index is 0. The van der Waals surface area contributed by atoms with Gasteiger partial charge in [0.05, 0.1) is 16.7 Å². The number of nitrogens with zero attached hydrogens (tertiary/aromatic N) is 4. The van der Waals surface area contributed by atoms with Crippen molar-refractivity contribution in [3.8, 4) is 50.9 Å². The Labute approximate surface area is 360 Å². The molecule has 0 atom stereocenters. The molecule has 0 aliphatic heterocycles. The maximum atomic E-state index is 6.67. The van der Waals surface area contributed by atoms with E-state index in [4.69, 9.17) is 9.72 Å². The molecule has 7 aromatic carbocycles. The predicted octanol–water partition coefficient (Wildman–Crippen LogP) is 12.7. The summed E-state index contributed by atoms with van der Waals surface area (Å²) in [7, 11) is 0. The van der Waals surface area contributed by atoms with Crippen LogP contribution in [0.4, 0.5) is 0 Å². The zero-order valence-electron chi connectivity index (χ0n) is 33.3. The largest absolute Gasteiger partial charge is 4.00 e. The molecular formula is C53H41N4OPt+. The van der Waals surface area contributed by atoms with Gasteiger partial charge in [0.2, 0.25) is 0 Å². The van der Waals surface area contributed by atoms with Crippen LogP contribution >= 0.6 is 0 Å². The number of hydrogen-bond donors (Lipinski definition) is 0. The van der Waals surface area contributed by atoms with Crippen LogP contribution in [0, 0.1) is 25.9 Å². The van der Waals surface area contributed by atoms with Crippen molar-refractivity contribution in [1.82, 2.24) is 14.1 Å². The molecule has 0 aliphatic carbocycles. The molecule has 3 aromatic heterocycles. The second-order valence-corrected chi connectivity index (χ2v) is 15.3. The van der Waals surface area contributed by atoms with E-state index in [1.165, 1.54) is 5.56 Å². The van der Waals surface area contributed by atoms with Gasteiger partial charge in [-0.1, -0.05) is 142 Å². The molecule has 3 heterocycles. The minimum atomic E-state index is -0.0738. The van der Waals surface area contributed by atoms with Crippen LogP contribution in [-0.4, -0.2) is 14.1 Å². The third-order valence-electron chi connectivity index (χ3n) is 10.6. The zero-order valence-corrected chi connectivity index (χ0v) is 35.5. The second-order valence-electron chi connectivity index (χ2n) is 15.3. The minimum Gasteiger partial charge on any atom is -0.510 e. The first-order valence-electron chi connectivity index (χ1n) is 19.2. The first-order valence-corrected chi connectivity index (χ1v) is 19.2. The number of ether oxygens (including phenoxy) is 1.